The Morgan fingerprint density at radius 1 is 1.25 bits per heavy atom. The molecule has 0 aliphatic carbocycles. The molecule has 0 aliphatic rings. The fourth-order valence-corrected chi connectivity index (χ4v) is 2.75. The first-order valence-corrected chi connectivity index (χ1v) is 7.71. The quantitative estimate of drug-likeness (QED) is 0.672. The van der Waals surface area contributed by atoms with Gasteiger partial charge in [-0.2, -0.15) is 10.4 Å². The molecule has 0 N–H and O–H groups in total. The van der Waals surface area contributed by atoms with Gasteiger partial charge in [0.25, 0.3) is 0 Å². The highest BCUT2D eigenvalue weighted by molar-refractivity contribution is 6.29. The van der Waals surface area contributed by atoms with Gasteiger partial charge in [-0.3, -0.25) is 4.68 Å². The van der Waals surface area contributed by atoms with Crippen LogP contribution in [0.25, 0.3) is 22.4 Å². The molecular formula is C18H15ClN4O. The predicted octanol–water partition coefficient (Wildman–Crippen LogP) is 4.11. The van der Waals surface area contributed by atoms with Gasteiger partial charge in [0.05, 0.1) is 13.2 Å². The molecule has 0 aliphatic heterocycles. The Hall–Kier alpha value is -2.84. The van der Waals surface area contributed by atoms with Crippen molar-refractivity contribution in [3.05, 3.63) is 53.4 Å². The zero-order valence-electron chi connectivity index (χ0n) is 13.3. The van der Waals surface area contributed by atoms with Crippen LogP contribution >= 0.6 is 11.6 Å². The Morgan fingerprint density at radius 2 is 2.08 bits per heavy atom. The summed E-state index contributed by atoms with van der Waals surface area (Å²) in [6, 6.07) is 11.7. The monoisotopic (exact) mass is 338 g/mol. The maximum atomic E-state index is 8.97. The van der Waals surface area contributed by atoms with Gasteiger partial charge in [-0.1, -0.05) is 11.6 Å². The van der Waals surface area contributed by atoms with Crippen molar-refractivity contribution in [2.24, 2.45) is 0 Å². The van der Waals surface area contributed by atoms with Crippen LogP contribution in [0.2, 0.25) is 5.15 Å². The summed E-state index contributed by atoms with van der Waals surface area (Å²) >= 11 is 6.02. The van der Waals surface area contributed by atoms with E-state index in [4.69, 9.17) is 21.6 Å². The fraction of sp³-hybridized carbons (Fsp3) is 0.167. The van der Waals surface area contributed by atoms with Crippen LogP contribution in [0.5, 0.6) is 5.75 Å². The molecule has 5 nitrogen and oxygen atoms in total. The molecule has 0 atom stereocenters. The zero-order valence-corrected chi connectivity index (χ0v) is 14.1. The van der Waals surface area contributed by atoms with Gasteiger partial charge in [0, 0.05) is 23.5 Å². The van der Waals surface area contributed by atoms with Crippen molar-refractivity contribution in [2.75, 3.05) is 7.11 Å². The Balaban J connectivity index is 2.20. The van der Waals surface area contributed by atoms with Gasteiger partial charge >= 0.3 is 0 Å². The molecule has 3 aromatic rings. The van der Waals surface area contributed by atoms with E-state index in [1.807, 2.05) is 37.4 Å². The van der Waals surface area contributed by atoms with E-state index < -0.39 is 0 Å². The molecule has 0 spiro atoms. The van der Waals surface area contributed by atoms with Crippen LogP contribution in [0, 0.1) is 18.3 Å². The summed E-state index contributed by atoms with van der Waals surface area (Å²) in [6.07, 6.45) is 3.50. The molecule has 0 amide bonds. The summed E-state index contributed by atoms with van der Waals surface area (Å²) in [5.74, 6) is 0.763. The van der Waals surface area contributed by atoms with Crippen LogP contribution in [-0.2, 0) is 6.54 Å². The van der Waals surface area contributed by atoms with E-state index >= 15 is 0 Å². The molecule has 2 aromatic heterocycles. The Kier molecular flexibility index (Phi) is 4.50. The molecule has 3 rings (SSSR count). The van der Waals surface area contributed by atoms with Crippen LogP contribution in [0.15, 0.2) is 42.7 Å². The van der Waals surface area contributed by atoms with E-state index in [-0.39, 0.29) is 6.54 Å². The number of hydrogen-bond acceptors (Lipinski definition) is 4. The number of hydrogen-bond donors (Lipinski definition) is 0. The zero-order chi connectivity index (χ0) is 17.1. The molecule has 120 valence electrons. The highest BCUT2D eigenvalue weighted by atomic mass is 35.5. The number of ether oxygens (including phenoxy) is 1. The lowest BCUT2D eigenvalue weighted by molar-refractivity contribution is 0.414. The number of nitrogens with zero attached hydrogens (tertiary/aromatic N) is 4. The van der Waals surface area contributed by atoms with E-state index in [9.17, 15) is 0 Å². The lowest BCUT2D eigenvalue weighted by Crippen LogP contribution is -1.95. The molecule has 0 bridgehead atoms. The smallest absolute Gasteiger partial charge is 0.129 e. The second-order valence-corrected chi connectivity index (χ2v) is 5.74. The summed E-state index contributed by atoms with van der Waals surface area (Å²) < 4.78 is 6.98. The van der Waals surface area contributed by atoms with Crippen LogP contribution < -0.4 is 4.74 Å². The number of nitriles is 1. The SMILES string of the molecule is COc1cc(C)cc(-c2nn(CC#N)cc2-c2ccnc(Cl)c2)c1. The topological polar surface area (TPSA) is 63.7 Å². The summed E-state index contributed by atoms with van der Waals surface area (Å²) in [5.41, 5.74) is 4.55. The predicted molar refractivity (Wildman–Crippen MR) is 92.8 cm³/mol. The van der Waals surface area contributed by atoms with E-state index in [2.05, 4.69) is 16.2 Å². The van der Waals surface area contributed by atoms with Crippen molar-refractivity contribution in [3.63, 3.8) is 0 Å². The molecule has 1 aromatic carbocycles. The van der Waals surface area contributed by atoms with Crippen LogP contribution in [0.4, 0.5) is 0 Å². The molecule has 0 saturated heterocycles. The summed E-state index contributed by atoms with van der Waals surface area (Å²) in [6.45, 7) is 2.18. The lowest BCUT2D eigenvalue weighted by atomic mass is 10.0. The third kappa shape index (κ3) is 3.24. The first kappa shape index (κ1) is 16.0. The highest BCUT2D eigenvalue weighted by Crippen LogP contribution is 2.34. The number of halogens is 1. The van der Waals surface area contributed by atoms with Crippen molar-refractivity contribution in [1.82, 2.24) is 14.8 Å². The summed E-state index contributed by atoms with van der Waals surface area (Å²) in [5, 5.41) is 13.9. The lowest BCUT2D eigenvalue weighted by Gasteiger charge is -2.07. The van der Waals surface area contributed by atoms with Gasteiger partial charge < -0.3 is 4.74 Å². The first-order valence-electron chi connectivity index (χ1n) is 7.33. The molecule has 0 fully saturated rings. The van der Waals surface area contributed by atoms with E-state index in [0.717, 1.165) is 33.7 Å². The van der Waals surface area contributed by atoms with Crippen molar-refractivity contribution in [3.8, 4) is 34.2 Å². The number of aromatic nitrogens is 3. The minimum Gasteiger partial charge on any atom is -0.497 e. The van der Waals surface area contributed by atoms with E-state index in [1.165, 1.54) is 0 Å². The second kappa shape index (κ2) is 6.73. The van der Waals surface area contributed by atoms with Crippen LogP contribution in [-0.4, -0.2) is 21.9 Å². The Morgan fingerprint density at radius 3 is 2.79 bits per heavy atom. The summed E-state index contributed by atoms with van der Waals surface area (Å²) in [7, 11) is 1.64. The number of benzene rings is 1. The molecular weight excluding hydrogens is 324 g/mol. The Labute approximate surface area is 145 Å². The van der Waals surface area contributed by atoms with Gasteiger partial charge in [-0.05, 0) is 48.4 Å². The standard InChI is InChI=1S/C18H15ClN4O/c1-12-7-14(9-15(8-12)24-2)18-16(11-23(22-18)6-4-20)13-3-5-21-17(19)10-13/h3,5,7-11H,6H2,1-2H3. The second-order valence-electron chi connectivity index (χ2n) is 5.35. The third-order valence-corrected chi connectivity index (χ3v) is 3.80. The first-order chi connectivity index (χ1) is 11.6. The van der Waals surface area contributed by atoms with Gasteiger partial charge in [-0.15, -0.1) is 0 Å². The fourth-order valence-electron chi connectivity index (χ4n) is 2.57. The number of rotatable bonds is 4. The van der Waals surface area contributed by atoms with Crippen LogP contribution in [0.3, 0.4) is 0 Å². The van der Waals surface area contributed by atoms with Crippen molar-refractivity contribution in [2.45, 2.75) is 13.5 Å². The van der Waals surface area contributed by atoms with E-state index in [1.54, 1.807) is 24.1 Å². The average Bonchev–Trinajstić information content (AvgIpc) is 2.98. The van der Waals surface area contributed by atoms with Gasteiger partial charge in [0.15, 0.2) is 0 Å². The Bertz CT molecular complexity index is 927. The maximum absolute atomic E-state index is 8.97. The molecule has 2 heterocycles. The third-order valence-electron chi connectivity index (χ3n) is 3.59. The van der Waals surface area contributed by atoms with E-state index in [0.29, 0.717) is 5.15 Å². The number of pyridine rings is 1. The average molecular weight is 339 g/mol. The van der Waals surface area contributed by atoms with Gasteiger partial charge in [0.1, 0.15) is 23.1 Å². The minimum atomic E-state index is 0.175. The maximum Gasteiger partial charge on any atom is 0.129 e. The highest BCUT2D eigenvalue weighted by Gasteiger charge is 2.15. The molecule has 0 saturated carbocycles. The van der Waals surface area contributed by atoms with Crippen molar-refractivity contribution < 1.29 is 4.74 Å². The van der Waals surface area contributed by atoms with Gasteiger partial charge in [-0.25, -0.2) is 4.98 Å². The molecule has 24 heavy (non-hydrogen) atoms. The van der Waals surface area contributed by atoms with Crippen LogP contribution in [0.1, 0.15) is 5.56 Å². The summed E-state index contributed by atoms with van der Waals surface area (Å²) in [4.78, 5) is 4.02. The minimum absolute atomic E-state index is 0.175. The largest absolute Gasteiger partial charge is 0.497 e. The number of aryl methyl sites for hydroxylation is 1. The normalized spacial score (nSPS) is 10.4. The van der Waals surface area contributed by atoms with Crippen molar-refractivity contribution in [1.29, 1.82) is 5.26 Å². The molecule has 6 heteroatoms. The van der Waals surface area contributed by atoms with Crippen molar-refractivity contribution >= 4 is 11.6 Å². The van der Waals surface area contributed by atoms with Gasteiger partial charge in [0.2, 0.25) is 0 Å². The molecule has 0 radical (unpaired) electrons. The number of methoxy groups -OCH3 is 1. The molecule has 0 unspecified atom stereocenters.